The average Bonchev–Trinajstić information content (AvgIpc) is 2.78. The van der Waals surface area contributed by atoms with E-state index in [0.29, 0.717) is 12.6 Å². The number of aliphatic hydroxyl groups excluding tert-OH is 1. The normalized spacial score (nSPS) is 13.2. The second-order valence-electron chi connectivity index (χ2n) is 5.29. The van der Waals surface area contributed by atoms with Crippen LogP contribution in [-0.4, -0.2) is 47.8 Å². The first kappa shape index (κ1) is 15.3. The highest BCUT2D eigenvalue weighted by Crippen LogP contribution is 2.20. The Hall–Kier alpha value is -1.07. The van der Waals surface area contributed by atoms with E-state index in [1.807, 2.05) is 25.2 Å². The van der Waals surface area contributed by atoms with Crippen molar-refractivity contribution < 1.29 is 5.11 Å². The monoisotopic (exact) mass is 295 g/mol. The predicted molar refractivity (Wildman–Crippen MR) is 84.2 cm³/mol. The lowest BCUT2D eigenvalue weighted by Gasteiger charge is -2.21. The SMILES string of the molecule is C[C@@H](CN(C)CCO)NCc1cc2cc(Cl)ccc2[nH]1. The van der Waals surface area contributed by atoms with Crippen molar-refractivity contribution in [3.05, 3.63) is 35.0 Å². The van der Waals surface area contributed by atoms with Crippen LogP contribution in [0.5, 0.6) is 0 Å². The van der Waals surface area contributed by atoms with E-state index in [2.05, 4.69) is 28.2 Å². The maximum absolute atomic E-state index is 8.88. The van der Waals surface area contributed by atoms with Crippen LogP contribution in [0.25, 0.3) is 10.9 Å². The van der Waals surface area contributed by atoms with Crippen molar-refractivity contribution >= 4 is 22.5 Å². The zero-order chi connectivity index (χ0) is 14.5. The number of nitrogens with zero attached hydrogens (tertiary/aromatic N) is 1. The van der Waals surface area contributed by atoms with Crippen molar-refractivity contribution in [2.75, 3.05) is 26.7 Å². The first-order valence-electron chi connectivity index (χ1n) is 6.88. The van der Waals surface area contributed by atoms with Gasteiger partial charge in [-0.2, -0.15) is 0 Å². The molecule has 5 heteroatoms. The molecule has 0 radical (unpaired) electrons. The van der Waals surface area contributed by atoms with Gasteiger partial charge in [-0.15, -0.1) is 0 Å². The second-order valence-corrected chi connectivity index (χ2v) is 5.73. The molecule has 3 N–H and O–H groups in total. The van der Waals surface area contributed by atoms with Gasteiger partial charge in [-0.3, -0.25) is 0 Å². The van der Waals surface area contributed by atoms with Gasteiger partial charge in [-0.05, 0) is 38.2 Å². The van der Waals surface area contributed by atoms with Gasteiger partial charge in [0.15, 0.2) is 0 Å². The lowest BCUT2D eigenvalue weighted by atomic mass is 10.2. The van der Waals surface area contributed by atoms with E-state index < -0.39 is 0 Å². The fourth-order valence-electron chi connectivity index (χ4n) is 2.34. The van der Waals surface area contributed by atoms with E-state index in [0.717, 1.165) is 34.7 Å². The number of halogens is 1. The highest BCUT2D eigenvalue weighted by Gasteiger charge is 2.07. The third-order valence-electron chi connectivity index (χ3n) is 3.35. The molecule has 0 saturated heterocycles. The summed E-state index contributed by atoms with van der Waals surface area (Å²) in [6, 6.07) is 8.35. The van der Waals surface area contributed by atoms with Crippen LogP contribution in [0.2, 0.25) is 5.02 Å². The number of hydrogen-bond acceptors (Lipinski definition) is 3. The average molecular weight is 296 g/mol. The maximum atomic E-state index is 8.88. The van der Waals surface area contributed by atoms with Gasteiger partial charge in [0.25, 0.3) is 0 Å². The Morgan fingerprint density at radius 3 is 2.95 bits per heavy atom. The van der Waals surface area contributed by atoms with Gasteiger partial charge in [0, 0.05) is 47.3 Å². The third kappa shape index (κ3) is 4.21. The topological polar surface area (TPSA) is 51.3 Å². The molecule has 0 aliphatic carbocycles. The minimum Gasteiger partial charge on any atom is -0.395 e. The molecule has 0 unspecified atom stereocenters. The van der Waals surface area contributed by atoms with Gasteiger partial charge < -0.3 is 20.3 Å². The quantitative estimate of drug-likeness (QED) is 0.734. The predicted octanol–water partition coefficient (Wildman–Crippen LogP) is 2.22. The van der Waals surface area contributed by atoms with Crippen molar-refractivity contribution in [3.8, 4) is 0 Å². The number of nitrogens with one attached hydrogen (secondary N) is 2. The highest BCUT2D eigenvalue weighted by atomic mass is 35.5. The molecular weight excluding hydrogens is 274 g/mol. The molecule has 0 aliphatic heterocycles. The van der Waals surface area contributed by atoms with Crippen LogP contribution < -0.4 is 5.32 Å². The summed E-state index contributed by atoms with van der Waals surface area (Å²) in [6.45, 7) is 4.75. The summed E-state index contributed by atoms with van der Waals surface area (Å²) < 4.78 is 0. The Kier molecular flexibility index (Phi) is 5.43. The first-order chi connectivity index (χ1) is 9.58. The lowest BCUT2D eigenvalue weighted by Crippen LogP contribution is -2.38. The Labute approximate surface area is 124 Å². The number of H-pyrrole nitrogens is 1. The second kappa shape index (κ2) is 7.09. The summed E-state index contributed by atoms with van der Waals surface area (Å²) >= 11 is 5.99. The standard InChI is InChI=1S/C15H22ClN3O/c1-11(10-19(2)5-6-20)17-9-14-8-12-7-13(16)3-4-15(12)18-14/h3-4,7-8,11,17-18,20H,5-6,9-10H2,1-2H3/t11-/m0/s1. The van der Waals surface area contributed by atoms with E-state index in [-0.39, 0.29) is 6.61 Å². The molecular formula is C15H22ClN3O. The molecule has 110 valence electrons. The number of aliphatic hydroxyl groups is 1. The molecule has 1 heterocycles. The zero-order valence-electron chi connectivity index (χ0n) is 12.0. The number of likely N-dealkylation sites (N-methyl/N-ethyl adjacent to an activating group) is 1. The molecule has 1 aromatic heterocycles. The van der Waals surface area contributed by atoms with Crippen molar-refractivity contribution in [3.63, 3.8) is 0 Å². The lowest BCUT2D eigenvalue weighted by molar-refractivity contribution is 0.210. The summed E-state index contributed by atoms with van der Waals surface area (Å²) in [4.78, 5) is 5.50. The van der Waals surface area contributed by atoms with Crippen molar-refractivity contribution in [2.45, 2.75) is 19.5 Å². The molecule has 0 amide bonds. The maximum Gasteiger partial charge on any atom is 0.0558 e. The van der Waals surface area contributed by atoms with E-state index in [1.165, 1.54) is 0 Å². The Morgan fingerprint density at radius 1 is 1.40 bits per heavy atom. The van der Waals surface area contributed by atoms with Crippen LogP contribution in [0.4, 0.5) is 0 Å². The zero-order valence-corrected chi connectivity index (χ0v) is 12.7. The summed E-state index contributed by atoms with van der Waals surface area (Å²) in [6.07, 6.45) is 0. The Balaban J connectivity index is 1.89. The van der Waals surface area contributed by atoms with Gasteiger partial charge >= 0.3 is 0 Å². The molecule has 0 fully saturated rings. The van der Waals surface area contributed by atoms with Gasteiger partial charge in [0.1, 0.15) is 0 Å². The fraction of sp³-hybridized carbons (Fsp3) is 0.467. The summed E-state index contributed by atoms with van der Waals surface area (Å²) in [5.74, 6) is 0. The third-order valence-corrected chi connectivity index (χ3v) is 3.58. The van der Waals surface area contributed by atoms with Crippen LogP contribution in [0, 0.1) is 0 Å². The summed E-state index contributed by atoms with van der Waals surface area (Å²) in [5.41, 5.74) is 2.26. The molecule has 2 rings (SSSR count). The highest BCUT2D eigenvalue weighted by molar-refractivity contribution is 6.31. The van der Waals surface area contributed by atoms with E-state index in [4.69, 9.17) is 16.7 Å². The van der Waals surface area contributed by atoms with Crippen molar-refractivity contribution in [2.24, 2.45) is 0 Å². The number of aromatic nitrogens is 1. The molecule has 0 saturated carbocycles. The number of aromatic amines is 1. The number of benzene rings is 1. The molecule has 0 bridgehead atoms. The molecule has 0 spiro atoms. The van der Waals surface area contributed by atoms with E-state index >= 15 is 0 Å². The summed E-state index contributed by atoms with van der Waals surface area (Å²) in [7, 11) is 2.01. The van der Waals surface area contributed by atoms with Gasteiger partial charge in [-0.25, -0.2) is 0 Å². The minimum absolute atomic E-state index is 0.200. The first-order valence-corrected chi connectivity index (χ1v) is 7.26. The number of fused-ring (bicyclic) bond motifs is 1. The summed E-state index contributed by atoms with van der Waals surface area (Å²) in [5, 5.41) is 14.3. The van der Waals surface area contributed by atoms with Gasteiger partial charge in [0.2, 0.25) is 0 Å². The molecule has 20 heavy (non-hydrogen) atoms. The molecule has 1 aromatic carbocycles. The largest absolute Gasteiger partial charge is 0.395 e. The van der Waals surface area contributed by atoms with Crippen LogP contribution in [0.15, 0.2) is 24.3 Å². The Bertz CT molecular complexity index is 555. The van der Waals surface area contributed by atoms with Gasteiger partial charge in [0.05, 0.1) is 6.61 Å². The molecule has 2 aromatic rings. The van der Waals surface area contributed by atoms with Crippen LogP contribution in [0.1, 0.15) is 12.6 Å². The fourth-order valence-corrected chi connectivity index (χ4v) is 2.52. The number of hydrogen-bond donors (Lipinski definition) is 3. The smallest absolute Gasteiger partial charge is 0.0558 e. The van der Waals surface area contributed by atoms with E-state index in [1.54, 1.807) is 0 Å². The van der Waals surface area contributed by atoms with E-state index in [9.17, 15) is 0 Å². The van der Waals surface area contributed by atoms with Crippen LogP contribution >= 0.6 is 11.6 Å². The Morgan fingerprint density at radius 2 is 2.20 bits per heavy atom. The van der Waals surface area contributed by atoms with Crippen LogP contribution in [0.3, 0.4) is 0 Å². The van der Waals surface area contributed by atoms with Gasteiger partial charge in [-0.1, -0.05) is 11.6 Å². The molecule has 4 nitrogen and oxygen atoms in total. The molecule has 1 atom stereocenters. The van der Waals surface area contributed by atoms with Crippen molar-refractivity contribution in [1.29, 1.82) is 0 Å². The molecule has 0 aliphatic rings. The van der Waals surface area contributed by atoms with Crippen LogP contribution in [-0.2, 0) is 6.54 Å². The van der Waals surface area contributed by atoms with Crippen molar-refractivity contribution in [1.82, 2.24) is 15.2 Å². The number of rotatable bonds is 7. The minimum atomic E-state index is 0.200.